The lowest BCUT2D eigenvalue weighted by Gasteiger charge is -2.20. The molecule has 0 radical (unpaired) electrons. The van der Waals surface area contributed by atoms with E-state index in [0.29, 0.717) is 18.3 Å². The van der Waals surface area contributed by atoms with E-state index in [-0.39, 0.29) is 12.5 Å². The van der Waals surface area contributed by atoms with Crippen molar-refractivity contribution in [1.82, 2.24) is 15.5 Å². The fourth-order valence-electron chi connectivity index (χ4n) is 0.904. The summed E-state index contributed by atoms with van der Waals surface area (Å²) >= 11 is 0. The van der Waals surface area contributed by atoms with E-state index in [0.717, 1.165) is 0 Å². The molecule has 0 spiro atoms. The summed E-state index contributed by atoms with van der Waals surface area (Å²) in [6.45, 7) is 5.82. The minimum Gasteiger partial charge on any atom is -0.348 e. The molecule has 0 aliphatic carbocycles. The Morgan fingerprint density at radius 2 is 2.27 bits per heavy atom. The van der Waals surface area contributed by atoms with Gasteiger partial charge in [-0.2, -0.15) is 4.98 Å². The highest BCUT2D eigenvalue weighted by Crippen LogP contribution is 2.12. The third-order valence-electron chi connectivity index (χ3n) is 2.10. The fourth-order valence-corrected chi connectivity index (χ4v) is 0.904. The Hall–Kier alpha value is -1.43. The fraction of sp³-hybridized carbons (Fsp3) is 0.667. The molecular formula is C9H16N4O2. The van der Waals surface area contributed by atoms with Crippen molar-refractivity contribution in [2.24, 2.45) is 11.1 Å². The largest absolute Gasteiger partial charge is 0.348 e. The number of carbonyl (C=O) groups excluding carboxylic acids is 1. The van der Waals surface area contributed by atoms with E-state index in [9.17, 15) is 4.79 Å². The second-order valence-electron chi connectivity index (χ2n) is 4.00. The zero-order chi connectivity index (χ0) is 11.5. The van der Waals surface area contributed by atoms with E-state index >= 15 is 0 Å². The van der Waals surface area contributed by atoms with Gasteiger partial charge in [-0.3, -0.25) is 4.79 Å². The lowest BCUT2D eigenvalue weighted by atomic mass is 9.93. The number of nitrogens with two attached hydrogens (primary N) is 1. The molecule has 0 saturated carbocycles. The Labute approximate surface area is 88.2 Å². The first-order chi connectivity index (χ1) is 6.95. The highest BCUT2D eigenvalue weighted by atomic mass is 16.5. The maximum Gasteiger partial charge on any atom is 0.227 e. The van der Waals surface area contributed by atoms with Crippen LogP contribution in [0.1, 0.15) is 25.6 Å². The van der Waals surface area contributed by atoms with Gasteiger partial charge in [-0.15, -0.1) is 0 Å². The Morgan fingerprint density at radius 3 is 2.73 bits per heavy atom. The third-order valence-corrected chi connectivity index (χ3v) is 2.10. The first-order valence-electron chi connectivity index (χ1n) is 4.73. The highest BCUT2D eigenvalue weighted by molar-refractivity contribution is 5.81. The third kappa shape index (κ3) is 3.02. The zero-order valence-corrected chi connectivity index (χ0v) is 9.20. The number of rotatable bonds is 4. The second-order valence-corrected chi connectivity index (χ2v) is 4.00. The maximum atomic E-state index is 11.6. The molecule has 6 heteroatoms. The number of aryl methyl sites for hydroxylation is 1. The number of hydrogen-bond acceptors (Lipinski definition) is 5. The molecule has 15 heavy (non-hydrogen) atoms. The van der Waals surface area contributed by atoms with Gasteiger partial charge in [0.1, 0.15) is 0 Å². The molecule has 0 aliphatic rings. The molecule has 1 aromatic heterocycles. The molecule has 1 aromatic rings. The molecule has 0 atom stereocenters. The van der Waals surface area contributed by atoms with Gasteiger partial charge in [-0.05, 0) is 13.8 Å². The minimum absolute atomic E-state index is 0.118. The number of hydrogen-bond donors (Lipinski definition) is 2. The standard InChI is InChI=1S/C9H16N4O2/c1-6-12-7(13-15-6)4-11-8(14)9(2,3)5-10/h4-5,10H2,1-3H3,(H,11,14). The Kier molecular flexibility index (Phi) is 3.41. The summed E-state index contributed by atoms with van der Waals surface area (Å²) < 4.78 is 4.77. The Morgan fingerprint density at radius 1 is 1.60 bits per heavy atom. The van der Waals surface area contributed by atoms with Crippen LogP contribution in [0.15, 0.2) is 4.52 Å². The molecule has 0 fully saturated rings. The van der Waals surface area contributed by atoms with Crippen LogP contribution >= 0.6 is 0 Å². The first kappa shape index (κ1) is 11.6. The van der Waals surface area contributed by atoms with Crippen molar-refractivity contribution in [1.29, 1.82) is 0 Å². The number of aromatic nitrogens is 2. The molecule has 0 aromatic carbocycles. The molecule has 1 heterocycles. The molecule has 1 rings (SSSR count). The van der Waals surface area contributed by atoms with Gasteiger partial charge in [0.2, 0.25) is 11.8 Å². The van der Waals surface area contributed by atoms with Crippen LogP contribution in [0.25, 0.3) is 0 Å². The van der Waals surface area contributed by atoms with E-state index in [1.54, 1.807) is 20.8 Å². The van der Waals surface area contributed by atoms with Gasteiger partial charge in [0, 0.05) is 13.5 Å². The van der Waals surface area contributed by atoms with Gasteiger partial charge >= 0.3 is 0 Å². The Balaban J connectivity index is 2.47. The van der Waals surface area contributed by atoms with Crippen molar-refractivity contribution in [3.05, 3.63) is 11.7 Å². The van der Waals surface area contributed by atoms with E-state index in [1.807, 2.05) is 0 Å². The molecule has 0 saturated heterocycles. The summed E-state index contributed by atoms with van der Waals surface area (Å²) in [5, 5.41) is 6.36. The molecule has 6 nitrogen and oxygen atoms in total. The highest BCUT2D eigenvalue weighted by Gasteiger charge is 2.25. The monoisotopic (exact) mass is 212 g/mol. The average Bonchev–Trinajstić information content (AvgIpc) is 2.60. The van der Waals surface area contributed by atoms with Crippen LogP contribution in [0.4, 0.5) is 0 Å². The number of nitrogens with zero attached hydrogens (tertiary/aromatic N) is 2. The summed E-state index contributed by atoms with van der Waals surface area (Å²) in [7, 11) is 0. The number of nitrogens with one attached hydrogen (secondary N) is 1. The zero-order valence-electron chi connectivity index (χ0n) is 9.20. The lowest BCUT2D eigenvalue weighted by Crippen LogP contribution is -2.41. The van der Waals surface area contributed by atoms with Gasteiger partial charge in [0.05, 0.1) is 12.0 Å². The van der Waals surface area contributed by atoms with Gasteiger partial charge in [-0.1, -0.05) is 5.16 Å². The average molecular weight is 212 g/mol. The maximum absolute atomic E-state index is 11.6. The molecule has 0 aliphatic heterocycles. The molecule has 3 N–H and O–H groups in total. The normalized spacial score (nSPS) is 11.5. The quantitative estimate of drug-likeness (QED) is 0.731. The predicted octanol–water partition coefficient (Wildman–Crippen LogP) is -0.0209. The van der Waals surface area contributed by atoms with E-state index in [2.05, 4.69) is 15.5 Å². The first-order valence-corrected chi connectivity index (χ1v) is 4.73. The van der Waals surface area contributed by atoms with Crippen LogP contribution in [-0.4, -0.2) is 22.6 Å². The van der Waals surface area contributed by atoms with Crippen molar-refractivity contribution < 1.29 is 9.32 Å². The summed E-state index contributed by atoms with van der Waals surface area (Å²) in [6, 6.07) is 0. The summed E-state index contributed by atoms with van der Waals surface area (Å²) in [5.74, 6) is 0.832. The number of amides is 1. The van der Waals surface area contributed by atoms with Crippen molar-refractivity contribution in [2.75, 3.05) is 6.54 Å². The van der Waals surface area contributed by atoms with Crippen LogP contribution in [0.5, 0.6) is 0 Å². The van der Waals surface area contributed by atoms with Crippen LogP contribution in [0.3, 0.4) is 0 Å². The van der Waals surface area contributed by atoms with Gasteiger partial charge < -0.3 is 15.6 Å². The van der Waals surface area contributed by atoms with Crippen LogP contribution < -0.4 is 11.1 Å². The van der Waals surface area contributed by atoms with Crippen molar-refractivity contribution in [3.8, 4) is 0 Å². The smallest absolute Gasteiger partial charge is 0.227 e. The van der Waals surface area contributed by atoms with Crippen molar-refractivity contribution in [2.45, 2.75) is 27.3 Å². The van der Waals surface area contributed by atoms with Crippen molar-refractivity contribution in [3.63, 3.8) is 0 Å². The van der Waals surface area contributed by atoms with Gasteiger partial charge in [-0.25, -0.2) is 0 Å². The minimum atomic E-state index is -0.571. The summed E-state index contributed by atoms with van der Waals surface area (Å²) in [6.07, 6.45) is 0. The number of carbonyl (C=O) groups is 1. The van der Waals surface area contributed by atoms with Gasteiger partial charge in [0.25, 0.3) is 0 Å². The predicted molar refractivity (Wildman–Crippen MR) is 53.7 cm³/mol. The van der Waals surface area contributed by atoms with E-state index in [1.165, 1.54) is 0 Å². The molecular weight excluding hydrogens is 196 g/mol. The molecule has 1 amide bonds. The van der Waals surface area contributed by atoms with Gasteiger partial charge in [0.15, 0.2) is 5.82 Å². The van der Waals surface area contributed by atoms with E-state index < -0.39 is 5.41 Å². The summed E-state index contributed by atoms with van der Waals surface area (Å²) in [5.41, 5.74) is 4.90. The lowest BCUT2D eigenvalue weighted by molar-refractivity contribution is -0.129. The van der Waals surface area contributed by atoms with Crippen LogP contribution in [0.2, 0.25) is 0 Å². The van der Waals surface area contributed by atoms with Crippen LogP contribution in [-0.2, 0) is 11.3 Å². The second kappa shape index (κ2) is 4.39. The Bertz CT molecular complexity index is 346. The molecule has 0 bridgehead atoms. The van der Waals surface area contributed by atoms with E-state index in [4.69, 9.17) is 10.3 Å². The molecule has 0 unspecified atom stereocenters. The SMILES string of the molecule is Cc1nc(CNC(=O)C(C)(C)CN)no1. The summed E-state index contributed by atoms with van der Waals surface area (Å²) in [4.78, 5) is 15.6. The topological polar surface area (TPSA) is 94.0 Å². The van der Waals surface area contributed by atoms with Crippen molar-refractivity contribution >= 4 is 5.91 Å². The molecule has 84 valence electrons. The van der Waals surface area contributed by atoms with Crippen LogP contribution in [0, 0.1) is 12.3 Å².